The number of aromatic nitrogens is 2. The fraction of sp³-hybridized carbons (Fsp3) is 0.400. The molecule has 0 unspecified atom stereocenters. The third-order valence-corrected chi connectivity index (χ3v) is 3.97. The van der Waals surface area contributed by atoms with E-state index < -0.39 is 0 Å². The molecule has 2 heterocycles. The van der Waals surface area contributed by atoms with E-state index in [1.165, 1.54) is 0 Å². The molecule has 1 N–H and O–H groups in total. The van der Waals surface area contributed by atoms with Crippen LogP contribution >= 0.6 is 11.6 Å². The number of amides is 1. The van der Waals surface area contributed by atoms with Gasteiger partial charge in [-0.1, -0.05) is 16.8 Å². The Morgan fingerprint density at radius 2 is 2.36 bits per heavy atom. The molecule has 6 nitrogen and oxygen atoms in total. The second kappa shape index (κ2) is 5.96. The zero-order valence-corrected chi connectivity index (χ0v) is 13.2. The van der Waals surface area contributed by atoms with E-state index >= 15 is 0 Å². The van der Waals surface area contributed by atoms with Crippen molar-refractivity contribution in [1.29, 1.82) is 0 Å². The number of nitrogens with zero attached hydrogens (tertiary/aromatic N) is 3. The molecule has 3 rings (SSSR count). The Labute approximate surface area is 133 Å². The second-order valence-corrected chi connectivity index (χ2v) is 5.88. The summed E-state index contributed by atoms with van der Waals surface area (Å²) in [7, 11) is 1.78. The molecule has 1 atom stereocenters. The Hall–Kier alpha value is -2.08. The lowest BCUT2D eigenvalue weighted by Crippen LogP contribution is -2.40. The quantitative estimate of drug-likeness (QED) is 0.933. The highest BCUT2D eigenvalue weighted by Crippen LogP contribution is 2.29. The molecule has 0 saturated carbocycles. The predicted octanol–water partition coefficient (Wildman–Crippen LogP) is 2.07. The number of hydrogen-bond donors (Lipinski definition) is 1. The summed E-state index contributed by atoms with van der Waals surface area (Å²) in [5.74, 6) is 1.20. The normalized spacial score (nSPS) is 16.2. The molecular formula is C15H17ClN4O2. The van der Waals surface area contributed by atoms with Crippen LogP contribution in [0, 0.1) is 6.92 Å². The maximum atomic E-state index is 12.5. The van der Waals surface area contributed by atoms with Crippen LogP contribution in [0.5, 0.6) is 0 Å². The summed E-state index contributed by atoms with van der Waals surface area (Å²) in [6.45, 7) is 2.29. The molecule has 22 heavy (non-hydrogen) atoms. The zero-order chi connectivity index (χ0) is 15.7. The molecule has 7 heteroatoms. The SMILES string of the molecule is Cc1nc(CCN(C)C(=O)[C@H]2Cc3cc(Cl)ccc3N2)no1. The van der Waals surface area contributed by atoms with E-state index in [1.807, 2.05) is 18.2 Å². The van der Waals surface area contributed by atoms with Crippen LogP contribution in [0.15, 0.2) is 22.7 Å². The minimum absolute atomic E-state index is 0.0486. The molecular weight excluding hydrogens is 304 g/mol. The fourth-order valence-corrected chi connectivity index (χ4v) is 2.76. The van der Waals surface area contributed by atoms with Gasteiger partial charge in [0.05, 0.1) is 0 Å². The van der Waals surface area contributed by atoms with E-state index in [1.54, 1.807) is 18.9 Å². The maximum absolute atomic E-state index is 12.5. The van der Waals surface area contributed by atoms with Crippen molar-refractivity contribution in [3.8, 4) is 0 Å². The number of rotatable bonds is 4. The van der Waals surface area contributed by atoms with Crippen LogP contribution in [0.25, 0.3) is 0 Å². The number of fused-ring (bicyclic) bond motifs is 1. The van der Waals surface area contributed by atoms with Gasteiger partial charge in [0.15, 0.2) is 5.82 Å². The first-order valence-corrected chi connectivity index (χ1v) is 7.50. The average molecular weight is 321 g/mol. The monoisotopic (exact) mass is 320 g/mol. The summed E-state index contributed by atoms with van der Waals surface area (Å²) in [4.78, 5) is 18.3. The molecule has 116 valence electrons. The van der Waals surface area contributed by atoms with Crippen LogP contribution in [-0.2, 0) is 17.6 Å². The van der Waals surface area contributed by atoms with Gasteiger partial charge < -0.3 is 14.7 Å². The molecule has 0 fully saturated rings. The topological polar surface area (TPSA) is 71.3 Å². The summed E-state index contributed by atoms with van der Waals surface area (Å²) in [6.07, 6.45) is 1.23. The summed E-state index contributed by atoms with van der Waals surface area (Å²) in [6, 6.07) is 5.39. The Balaban J connectivity index is 1.58. The first-order valence-electron chi connectivity index (χ1n) is 7.12. The van der Waals surface area contributed by atoms with Gasteiger partial charge in [-0.3, -0.25) is 4.79 Å². The predicted molar refractivity (Wildman–Crippen MR) is 82.9 cm³/mol. The van der Waals surface area contributed by atoms with Gasteiger partial charge in [-0.15, -0.1) is 0 Å². The Bertz CT molecular complexity index is 701. The van der Waals surface area contributed by atoms with Crippen molar-refractivity contribution in [2.75, 3.05) is 18.9 Å². The Morgan fingerprint density at radius 3 is 3.09 bits per heavy atom. The summed E-state index contributed by atoms with van der Waals surface area (Å²) >= 11 is 5.99. The summed E-state index contributed by atoms with van der Waals surface area (Å²) in [5, 5.41) is 7.77. The van der Waals surface area contributed by atoms with Crippen molar-refractivity contribution in [2.45, 2.75) is 25.8 Å². The summed E-state index contributed by atoms with van der Waals surface area (Å²) in [5.41, 5.74) is 2.05. The van der Waals surface area contributed by atoms with Gasteiger partial charge in [0.1, 0.15) is 6.04 Å². The van der Waals surface area contributed by atoms with Crippen molar-refractivity contribution in [3.05, 3.63) is 40.5 Å². The minimum Gasteiger partial charge on any atom is -0.373 e. The largest absolute Gasteiger partial charge is 0.373 e. The fourth-order valence-electron chi connectivity index (χ4n) is 2.57. The molecule has 2 aromatic rings. The molecule has 0 spiro atoms. The lowest BCUT2D eigenvalue weighted by molar-refractivity contribution is -0.130. The molecule has 1 aliphatic rings. The van der Waals surface area contributed by atoms with E-state index in [-0.39, 0.29) is 11.9 Å². The number of likely N-dealkylation sites (N-methyl/N-ethyl adjacent to an activating group) is 1. The number of hydrogen-bond acceptors (Lipinski definition) is 5. The molecule has 0 radical (unpaired) electrons. The van der Waals surface area contributed by atoms with Crippen LogP contribution in [0.2, 0.25) is 5.02 Å². The van der Waals surface area contributed by atoms with Crippen LogP contribution in [0.3, 0.4) is 0 Å². The highest BCUT2D eigenvalue weighted by atomic mass is 35.5. The Kier molecular flexibility index (Phi) is 4.02. The van der Waals surface area contributed by atoms with Crippen molar-refractivity contribution in [1.82, 2.24) is 15.0 Å². The van der Waals surface area contributed by atoms with Gasteiger partial charge in [-0.25, -0.2) is 0 Å². The first-order chi connectivity index (χ1) is 10.5. The van der Waals surface area contributed by atoms with Crippen LogP contribution in [0.4, 0.5) is 5.69 Å². The van der Waals surface area contributed by atoms with Crippen LogP contribution in [0.1, 0.15) is 17.3 Å². The number of halogens is 1. The zero-order valence-electron chi connectivity index (χ0n) is 12.5. The van der Waals surface area contributed by atoms with E-state index in [0.29, 0.717) is 36.1 Å². The molecule has 1 aromatic carbocycles. The smallest absolute Gasteiger partial charge is 0.245 e. The minimum atomic E-state index is -0.245. The third kappa shape index (κ3) is 3.06. The second-order valence-electron chi connectivity index (χ2n) is 5.44. The molecule has 0 bridgehead atoms. The number of carbonyl (C=O) groups is 1. The highest BCUT2D eigenvalue weighted by Gasteiger charge is 2.28. The number of carbonyl (C=O) groups excluding carboxylic acids is 1. The van der Waals surface area contributed by atoms with Gasteiger partial charge in [0.25, 0.3) is 0 Å². The first kappa shape index (κ1) is 14.8. The highest BCUT2D eigenvalue weighted by molar-refractivity contribution is 6.30. The Morgan fingerprint density at radius 1 is 1.55 bits per heavy atom. The van der Waals surface area contributed by atoms with Gasteiger partial charge in [0.2, 0.25) is 11.8 Å². The number of nitrogens with one attached hydrogen (secondary N) is 1. The maximum Gasteiger partial charge on any atom is 0.245 e. The third-order valence-electron chi connectivity index (χ3n) is 3.74. The molecule has 0 aliphatic carbocycles. The van der Waals surface area contributed by atoms with Crippen molar-refractivity contribution in [3.63, 3.8) is 0 Å². The van der Waals surface area contributed by atoms with Gasteiger partial charge in [0, 0.05) is 44.1 Å². The lowest BCUT2D eigenvalue weighted by Gasteiger charge is -2.20. The van der Waals surface area contributed by atoms with E-state index in [2.05, 4.69) is 15.5 Å². The molecule has 0 saturated heterocycles. The van der Waals surface area contributed by atoms with Crippen molar-refractivity contribution < 1.29 is 9.32 Å². The van der Waals surface area contributed by atoms with Crippen molar-refractivity contribution in [2.24, 2.45) is 0 Å². The molecule has 1 aromatic heterocycles. The number of aryl methyl sites for hydroxylation is 1. The van der Waals surface area contributed by atoms with Gasteiger partial charge in [-0.05, 0) is 23.8 Å². The average Bonchev–Trinajstić information content (AvgIpc) is 3.09. The standard InChI is InChI=1S/C15H17ClN4O2/c1-9-17-14(19-22-9)5-6-20(2)15(21)13-8-10-7-11(16)3-4-12(10)18-13/h3-4,7,13,18H,5-6,8H2,1-2H3/t13-/m1/s1. The van der Waals surface area contributed by atoms with E-state index in [9.17, 15) is 4.79 Å². The number of benzene rings is 1. The lowest BCUT2D eigenvalue weighted by atomic mass is 10.1. The molecule has 1 amide bonds. The molecule has 1 aliphatic heterocycles. The summed E-state index contributed by atoms with van der Waals surface area (Å²) < 4.78 is 4.92. The van der Waals surface area contributed by atoms with Gasteiger partial charge in [-0.2, -0.15) is 4.98 Å². The van der Waals surface area contributed by atoms with Crippen molar-refractivity contribution >= 4 is 23.2 Å². The van der Waals surface area contributed by atoms with E-state index in [0.717, 1.165) is 11.3 Å². The van der Waals surface area contributed by atoms with E-state index in [4.69, 9.17) is 16.1 Å². The van der Waals surface area contributed by atoms with Crippen LogP contribution < -0.4 is 5.32 Å². The van der Waals surface area contributed by atoms with Crippen LogP contribution in [-0.4, -0.2) is 40.6 Å². The number of anilines is 1. The van der Waals surface area contributed by atoms with Gasteiger partial charge >= 0.3 is 0 Å².